The number of nitro groups is 1. The topological polar surface area (TPSA) is 96.6 Å². The number of halogens is 1. The summed E-state index contributed by atoms with van der Waals surface area (Å²) in [4.78, 5) is 28.1. The van der Waals surface area contributed by atoms with Crippen molar-refractivity contribution in [2.24, 2.45) is 0 Å². The van der Waals surface area contributed by atoms with Gasteiger partial charge in [-0.1, -0.05) is 11.6 Å². The van der Waals surface area contributed by atoms with Crippen LogP contribution in [0.1, 0.15) is 36.0 Å². The summed E-state index contributed by atoms with van der Waals surface area (Å²) in [6, 6.07) is 1.09. The Morgan fingerprint density at radius 2 is 2.33 bits per heavy atom. The first-order valence-corrected chi connectivity index (χ1v) is 7.14. The smallest absolute Gasteiger partial charge is 0.288 e. The molecule has 1 atom stereocenters. The third-order valence-corrected chi connectivity index (χ3v) is 3.92. The number of rotatable bonds is 4. The SMILES string of the molecule is O=C(c1cc([N+](=O)[O-])cnc1Cl)N1CCCCC1CCO. The Kier molecular flexibility index (Phi) is 5.08. The van der Waals surface area contributed by atoms with Crippen LogP contribution in [0.2, 0.25) is 5.15 Å². The number of aliphatic hydroxyl groups is 1. The standard InChI is InChI=1S/C13H16ClN3O4/c14-12-11(7-10(8-15-12)17(20)21)13(19)16-5-2-1-3-9(16)4-6-18/h7-9,18H,1-6H2. The van der Waals surface area contributed by atoms with E-state index in [2.05, 4.69) is 4.98 Å². The van der Waals surface area contributed by atoms with Crippen LogP contribution in [-0.4, -0.2) is 45.0 Å². The Morgan fingerprint density at radius 1 is 1.57 bits per heavy atom. The van der Waals surface area contributed by atoms with E-state index < -0.39 is 4.92 Å². The van der Waals surface area contributed by atoms with Gasteiger partial charge in [0.25, 0.3) is 11.6 Å². The Morgan fingerprint density at radius 3 is 3.00 bits per heavy atom. The quantitative estimate of drug-likeness (QED) is 0.521. The van der Waals surface area contributed by atoms with E-state index in [4.69, 9.17) is 16.7 Å². The molecule has 2 rings (SSSR count). The number of hydrogen-bond donors (Lipinski definition) is 1. The van der Waals surface area contributed by atoms with Crippen LogP contribution in [0.3, 0.4) is 0 Å². The number of aliphatic hydroxyl groups excluding tert-OH is 1. The lowest BCUT2D eigenvalue weighted by Gasteiger charge is -2.35. The molecule has 1 unspecified atom stereocenters. The average molecular weight is 314 g/mol. The number of aromatic nitrogens is 1. The number of likely N-dealkylation sites (tertiary alicyclic amines) is 1. The molecule has 1 fully saturated rings. The molecular weight excluding hydrogens is 298 g/mol. The number of amides is 1. The molecule has 7 nitrogen and oxygen atoms in total. The first kappa shape index (κ1) is 15.7. The second-order valence-corrected chi connectivity index (χ2v) is 5.31. The summed E-state index contributed by atoms with van der Waals surface area (Å²) >= 11 is 5.91. The van der Waals surface area contributed by atoms with Crippen molar-refractivity contribution >= 4 is 23.2 Å². The van der Waals surface area contributed by atoms with Crippen LogP contribution in [-0.2, 0) is 0 Å². The summed E-state index contributed by atoms with van der Waals surface area (Å²) in [6.07, 6.45) is 4.20. The van der Waals surface area contributed by atoms with E-state index in [0.29, 0.717) is 13.0 Å². The highest BCUT2D eigenvalue weighted by Gasteiger charge is 2.29. The van der Waals surface area contributed by atoms with Crippen LogP contribution < -0.4 is 0 Å². The molecule has 1 aliphatic heterocycles. The number of carbonyl (C=O) groups excluding carboxylic acids is 1. The van der Waals surface area contributed by atoms with Crippen LogP contribution in [0.15, 0.2) is 12.3 Å². The van der Waals surface area contributed by atoms with Crippen LogP contribution in [0, 0.1) is 10.1 Å². The number of hydrogen-bond acceptors (Lipinski definition) is 5. The van der Waals surface area contributed by atoms with Gasteiger partial charge in [0.1, 0.15) is 11.3 Å². The molecule has 1 saturated heterocycles. The summed E-state index contributed by atoms with van der Waals surface area (Å²) in [5.74, 6) is -0.366. The van der Waals surface area contributed by atoms with Gasteiger partial charge in [-0.25, -0.2) is 4.98 Å². The van der Waals surface area contributed by atoms with Gasteiger partial charge in [-0.05, 0) is 25.7 Å². The zero-order valence-corrected chi connectivity index (χ0v) is 12.1. The molecule has 0 aliphatic carbocycles. The summed E-state index contributed by atoms with van der Waals surface area (Å²) in [6.45, 7) is 0.553. The summed E-state index contributed by atoms with van der Waals surface area (Å²) in [7, 11) is 0. The highest BCUT2D eigenvalue weighted by molar-refractivity contribution is 6.32. The van der Waals surface area contributed by atoms with Crippen molar-refractivity contribution in [3.63, 3.8) is 0 Å². The van der Waals surface area contributed by atoms with E-state index in [9.17, 15) is 14.9 Å². The van der Waals surface area contributed by atoms with Crippen molar-refractivity contribution < 1.29 is 14.8 Å². The largest absolute Gasteiger partial charge is 0.396 e. The predicted octanol–water partition coefficient (Wildman–Crippen LogP) is 2.02. The minimum Gasteiger partial charge on any atom is -0.396 e. The van der Waals surface area contributed by atoms with Crippen molar-refractivity contribution in [3.8, 4) is 0 Å². The highest BCUT2D eigenvalue weighted by atomic mass is 35.5. The number of pyridine rings is 1. The molecule has 8 heteroatoms. The molecule has 2 heterocycles. The van der Waals surface area contributed by atoms with Gasteiger partial charge in [0.15, 0.2) is 0 Å². The molecule has 0 spiro atoms. The van der Waals surface area contributed by atoms with E-state index in [1.165, 1.54) is 0 Å². The van der Waals surface area contributed by atoms with Gasteiger partial charge >= 0.3 is 0 Å². The molecule has 1 amide bonds. The van der Waals surface area contributed by atoms with Crippen molar-refractivity contribution in [3.05, 3.63) is 33.1 Å². The van der Waals surface area contributed by atoms with Crippen LogP contribution in [0.4, 0.5) is 5.69 Å². The monoisotopic (exact) mass is 313 g/mol. The number of piperidine rings is 1. The van der Waals surface area contributed by atoms with Crippen LogP contribution in [0.25, 0.3) is 0 Å². The summed E-state index contributed by atoms with van der Waals surface area (Å²) in [5, 5.41) is 19.8. The fourth-order valence-corrected chi connectivity index (χ4v) is 2.74. The lowest BCUT2D eigenvalue weighted by Crippen LogP contribution is -2.44. The van der Waals surface area contributed by atoms with Gasteiger partial charge in [-0.15, -0.1) is 0 Å². The molecule has 114 valence electrons. The summed E-state index contributed by atoms with van der Waals surface area (Å²) < 4.78 is 0. The Hall–Kier alpha value is -1.73. The lowest BCUT2D eigenvalue weighted by molar-refractivity contribution is -0.385. The normalized spacial score (nSPS) is 18.6. The predicted molar refractivity (Wildman–Crippen MR) is 76.3 cm³/mol. The van der Waals surface area contributed by atoms with Gasteiger partial charge in [0, 0.05) is 25.3 Å². The molecule has 0 radical (unpaired) electrons. The molecule has 1 N–H and O–H groups in total. The number of carbonyl (C=O) groups is 1. The molecule has 1 aromatic heterocycles. The maximum absolute atomic E-state index is 12.6. The minimum atomic E-state index is -0.610. The van der Waals surface area contributed by atoms with Crippen LogP contribution >= 0.6 is 11.6 Å². The molecule has 0 bridgehead atoms. The van der Waals surface area contributed by atoms with E-state index in [-0.39, 0.29) is 35.0 Å². The Balaban J connectivity index is 2.29. The van der Waals surface area contributed by atoms with E-state index in [1.54, 1.807) is 4.90 Å². The molecule has 1 aromatic rings. The fourth-order valence-electron chi connectivity index (χ4n) is 2.56. The first-order chi connectivity index (χ1) is 10.0. The molecule has 0 aromatic carbocycles. The first-order valence-electron chi connectivity index (χ1n) is 6.76. The van der Waals surface area contributed by atoms with Crippen molar-refractivity contribution in [2.45, 2.75) is 31.7 Å². The number of nitrogens with zero attached hydrogens (tertiary/aromatic N) is 3. The summed E-state index contributed by atoms with van der Waals surface area (Å²) in [5.41, 5.74) is -0.228. The van der Waals surface area contributed by atoms with Gasteiger partial charge < -0.3 is 10.0 Å². The van der Waals surface area contributed by atoms with E-state index >= 15 is 0 Å². The Bertz CT molecular complexity index is 550. The van der Waals surface area contributed by atoms with Crippen molar-refractivity contribution in [2.75, 3.05) is 13.2 Å². The maximum Gasteiger partial charge on any atom is 0.288 e. The van der Waals surface area contributed by atoms with Crippen molar-refractivity contribution in [1.82, 2.24) is 9.88 Å². The Labute approximate surface area is 126 Å². The van der Waals surface area contributed by atoms with Gasteiger partial charge in [0.2, 0.25) is 0 Å². The average Bonchev–Trinajstić information content (AvgIpc) is 2.47. The van der Waals surface area contributed by atoms with Gasteiger partial charge in [-0.2, -0.15) is 0 Å². The minimum absolute atomic E-state index is 0.00460. The highest BCUT2D eigenvalue weighted by Crippen LogP contribution is 2.26. The third kappa shape index (κ3) is 3.48. The fraction of sp³-hybridized carbons (Fsp3) is 0.538. The molecule has 0 saturated carbocycles. The second-order valence-electron chi connectivity index (χ2n) is 4.95. The molecular formula is C13H16ClN3O4. The zero-order chi connectivity index (χ0) is 15.4. The zero-order valence-electron chi connectivity index (χ0n) is 11.4. The van der Waals surface area contributed by atoms with E-state index in [1.807, 2.05) is 0 Å². The maximum atomic E-state index is 12.6. The van der Waals surface area contributed by atoms with Crippen LogP contribution in [0.5, 0.6) is 0 Å². The third-order valence-electron chi connectivity index (χ3n) is 3.62. The van der Waals surface area contributed by atoms with Gasteiger partial charge in [0.05, 0.1) is 10.5 Å². The van der Waals surface area contributed by atoms with Crippen molar-refractivity contribution in [1.29, 1.82) is 0 Å². The molecule has 21 heavy (non-hydrogen) atoms. The van der Waals surface area contributed by atoms with Gasteiger partial charge in [-0.3, -0.25) is 14.9 Å². The lowest BCUT2D eigenvalue weighted by atomic mass is 9.98. The molecule has 1 aliphatic rings. The second kappa shape index (κ2) is 6.82. The van der Waals surface area contributed by atoms with E-state index in [0.717, 1.165) is 31.5 Å².